The first-order chi connectivity index (χ1) is 7.27. The highest BCUT2D eigenvalue weighted by Gasteiger charge is 2.00. The van der Waals surface area contributed by atoms with Crippen molar-refractivity contribution >= 4 is 5.69 Å². The van der Waals surface area contributed by atoms with Gasteiger partial charge in [0.15, 0.2) is 0 Å². The molecule has 15 heavy (non-hydrogen) atoms. The molecule has 0 saturated carbocycles. The molecule has 0 bridgehead atoms. The fourth-order valence-electron chi connectivity index (χ4n) is 1.53. The normalized spacial score (nSPS) is 10.3. The number of anilines is 1. The zero-order chi connectivity index (χ0) is 10.7. The Balaban J connectivity index is 2.08. The van der Waals surface area contributed by atoms with Crippen LogP contribution >= 0.6 is 0 Å². The van der Waals surface area contributed by atoms with Gasteiger partial charge in [-0.05, 0) is 37.1 Å². The van der Waals surface area contributed by atoms with Gasteiger partial charge in [-0.2, -0.15) is 0 Å². The van der Waals surface area contributed by atoms with Gasteiger partial charge in [0.2, 0.25) is 0 Å². The maximum atomic E-state index is 5.02. The minimum absolute atomic E-state index is 0.806. The van der Waals surface area contributed by atoms with Crippen LogP contribution in [0.4, 0.5) is 5.69 Å². The predicted molar refractivity (Wildman–Crippen MR) is 62.0 cm³/mol. The van der Waals surface area contributed by atoms with Crippen LogP contribution in [0.1, 0.15) is 16.7 Å². The smallest absolute Gasteiger partial charge is 0.0952 e. The summed E-state index contributed by atoms with van der Waals surface area (Å²) in [5.74, 6) is 0. The van der Waals surface area contributed by atoms with Crippen LogP contribution in [0.3, 0.4) is 0 Å². The van der Waals surface area contributed by atoms with Crippen LogP contribution < -0.4 is 5.32 Å². The van der Waals surface area contributed by atoms with E-state index in [4.69, 9.17) is 4.42 Å². The first-order valence-corrected chi connectivity index (χ1v) is 5.08. The molecule has 2 rings (SSSR count). The lowest BCUT2D eigenvalue weighted by molar-refractivity contribution is 0.564. The second kappa shape index (κ2) is 4.22. The molecule has 1 heterocycles. The topological polar surface area (TPSA) is 25.2 Å². The van der Waals surface area contributed by atoms with Crippen molar-refractivity contribution in [1.29, 1.82) is 0 Å². The van der Waals surface area contributed by atoms with Crippen LogP contribution in [-0.2, 0) is 6.54 Å². The summed E-state index contributed by atoms with van der Waals surface area (Å²) in [6.07, 6.45) is 3.46. The second-order valence-corrected chi connectivity index (χ2v) is 3.73. The molecule has 2 aromatic rings. The van der Waals surface area contributed by atoms with Crippen LogP contribution in [0.15, 0.2) is 41.2 Å². The lowest BCUT2D eigenvalue weighted by Gasteiger charge is -2.10. The monoisotopic (exact) mass is 201 g/mol. The lowest BCUT2D eigenvalue weighted by atomic mass is 10.1. The third-order valence-electron chi connectivity index (χ3n) is 2.67. The van der Waals surface area contributed by atoms with Crippen molar-refractivity contribution in [1.82, 2.24) is 0 Å². The van der Waals surface area contributed by atoms with E-state index in [2.05, 4.69) is 37.4 Å². The van der Waals surface area contributed by atoms with Gasteiger partial charge in [-0.1, -0.05) is 12.1 Å². The molecule has 2 nitrogen and oxygen atoms in total. The van der Waals surface area contributed by atoms with Crippen LogP contribution in [0.25, 0.3) is 0 Å². The Labute approximate surface area is 89.9 Å². The number of hydrogen-bond acceptors (Lipinski definition) is 2. The average molecular weight is 201 g/mol. The van der Waals surface area contributed by atoms with E-state index in [1.165, 1.54) is 16.8 Å². The van der Waals surface area contributed by atoms with E-state index in [9.17, 15) is 0 Å². The molecule has 1 N–H and O–H groups in total. The highest BCUT2D eigenvalue weighted by atomic mass is 16.3. The highest BCUT2D eigenvalue weighted by Crippen LogP contribution is 2.18. The summed E-state index contributed by atoms with van der Waals surface area (Å²) in [6.45, 7) is 5.06. The van der Waals surface area contributed by atoms with E-state index in [1.807, 2.05) is 6.07 Å². The Morgan fingerprint density at radius 1 is 1.20 bits per heavy atom. The Hall–Kier alpha value is -1.70. The Bertz CT molecular complexity index is 432. The summed E-state index contributed by atoms with van der Waals surface area (Å²) in [5, 5.41) is 3.40. The van der Waals surface area contributed by atoms with Crippen LogP contribution in [0, 0.1) is 13.8 Å². The molecule has 78 valence electrons. The molecule has 0 spiro atoms. The van der Waals surface area contributed by atoms with Gasteiger partial charge in [0.05, 0.1) is 12.5 Å². The predicted octanol–water partition coefficient (Wildman–Crippen LogP) is 3.51. The van der Waals surface area contributed by atoms with Gasteiger partial charge in [-0.15, -0.1) is 0 Å². The fourth-order valence-corrected chi connectivity index (χ4v) is 1.53. The van der Waals surface area contributed by atoms with Crippen molar-refractivity contribution in [2.75, 3.05) is 5.32 Å². The third-order valence-corrected chi connectivity index (χ3v) is 2.67. The molecular formula is C13H15NO. The molecule has 0 radical (unpaired) electrons. The number of hydrogen-bond donors (Lipinski definition) is 1. The van der Waals surface area contributed by atoms with Crippen molar-refractivity contribution in [2.45, 2.75) is 20.4 Å². The Morgan fingerprint density at radius 3 is 2.80 bits per heavy atom. The minimum Gasteiger partial charge on any atom is -0.472 e. The van der Waals surface area contributed by atoms with Crippen molar-refractivity contribution in [3.8, 4) is 0 Å². The minimum atomic E-state index is 0.806. The van der Waals surface area contributed by atoms with E-state index < -0.39 is 0 Å². The maximum absolute atomic E-state index is 5.02. The van der Waals surface area contributed by atoms with Crippen LogP contribution in [-0.4, -0.2) is 0 Å². The fraction of sp³-hybridized carbons (Fsp3) is 0.231. The number of furan rings is 1. The van der Waals surface area contributed by atoms with Gasteiger partial charge in [-0.3, -0.25) is 0 Å². The average Bonchev–Trinajstić information content (AvgIpc) is 2.73. The van der Waals surface area contributed by atoms with Gasteiger partial charge < -0.3 is 9.73 Å². The van der Waals surface area contributed by atoms with Gasteiger partial charge in [-0.25, -0.2) is 0 Å². The quantitative estimate of drug-likeness (QED) is 0.822. The van der Waals surface area contributed by atoms with Crippen molar-refractivity contribution in [3.05, 3.63) is 53.5 Å². The first-order valence-electron chi connectivity index (χ1n) is 5.08. The largest absolute Gasteiger partial charge is 0.472 e. The summed E-state index contributed by atoms with van der Waals surface area (Å²) in [4.78, 5) is 0. The molecule has 0 amide bonds. The molecule has 0 aliphatic heterocycles. The molecule has 0 aliphatic carbocycles. The van der Waals surface area contributed by atoms with E-state index in [1.54, 1.807) is 12.5 Å². The molecule has 1 aromatic carbocycles. The molecular weight excluding hydrogens is 186 g/mol. The van der Waals surface area contributed by atoms with Crippen molar-refractivity contribution < 1.29 is 4.42 Å². The zero-order valence-corrected chi connectivity index (χ0v) is 9.08. The first kappa shape index (κ1) is 9.84. The number of benzene rings is 1. The molecule has 0 unspecified atom stereocenters. The summed E-state index contributed by atoms with van der Waals surface area (Å²) >= 11 is 0. The summed E-state index contributed by atoms with van der Waals surface area (Å²) in [6, 6.07) is 8.26. The lowest BCUT2D eigenvalue weighted by Crippen LogP contribution is -2.00. The molecule has 0 fully saturated rings. The van der Waals surface area contributed by atoms with Gasteiger partial charge in [0, 0.05) is 17.8 Å². The number of rotatable bonds is 3. The molecule has 0 atom stereocenters. The highest BCUT2D eigenvalue weighted by molar-refractivity contribution is 5.53. The standard InChI is InChI=1S/C13H15NO/c1-10-4-3-5-13(11(10)2)14-8-12-6-7-15-9-12/h3-7,9,14H,8H2,1-2H3. The maximum Gasteiger partial charge on any atom is 0.0952 e. The Morgan fingerprint density at radius 2 is 2.07 bits per heavy atom. The van der Waals surface area contributed by atoms with Gasteiger partial charge in [0.25, 0.3) is 0 Å². The number of aryl methyl sites for hydroxylation is 1. The molecule has 1 aromatic heterocycles. The summed E-state index contributed by atoms with van der Waals surface area (Å²) in [5.41, 5.74) is 4.97. The van der Waals surface area contributed by atoms with E-state index in [-0.39, 0.29) is 0 Å². The SMILES string of the molecule is Cc1cccc(NCc2ccoc2)c1C. The number of nitrogens with one attached hydrogen (secondary N) is 1. The van der Waals surface area contributed by atoms with Crippen molar-refractivity contribution in [3.63, 3.8) is 0 Å². The van der Waals surface area contributed by atoms with Crippen LogP contribution in [0.2, 0.25) is 0 Å². The van der Waals surface area contributed by atoms with Gasteiger partial charge >= 0.3 is 0 Å². The Kier molecular flexibility index (Phi) is 2.77. The van der Waals surface area contributed by atoms with E-state index in [0.717, 1.165) is 12.1 Å². The summed E-state index contributed by atoms with van der Waals surface area (Å²) in [7, 11) is 0. The zero-order valence-electron chi connectivity index (χ0n) is 9.08. The molecule has 0 saturated heterocycles. The second-order valence-electron chi connectivity index (χ2n) is 3.73. The van der Waals surface area contributed by atoms with Crippen LogP contribution in [0.5, 0.6) is 0 Å². The van der Waals surface area contributed by atoms with Crippen molar-refractivity contribution in [2.24, 2.45) is 0 Å². The molecule has 2 heteroatoms. The molecule has 0 aliphatic rings. The third kappa shape index (κ3) is 2.21. The van der Waals surface area contributed by atoms with E-state index >= 15 is 0 Å². The van der Waals surface area contributed by atoms with E-state index in [0.29, 0.717) is 0 Å². The summed E-state index contributed by atoms with van der Waals surface area (Å²) < 4.78 is 5.02. The van der Waals surface area contributed by atoms with Gasteiger partial charge in [0.1, 0.15) is 0 Å².